The molecule has 3 heteroatoms. The molecule has 0 aliphatic heterocycles. The van der Waals surface area contributed by atoms with Crippen LogP contribution in [-0.4, -0.2) is 11.1 Å². The molecule has 0 saturated heterocycles. The van der Waals surface area contributed by atoms with Gasteiger partial charge in [0.1, 0.15) is 0 Å². The first-order valence-corrected chi connectivity index (χ1v) is 2.18. The monoisotopic (exact) mass is 142 g/mol. The second-order valence-electron chi connectivity index (χ2n) is 2.56. The van der Waals surface area contributed by atoms with Crippen molar-refractivity contribution in [2.45, 2.75) is 20.8 Å². The zero-order chi connectivity index (χ0) is 6.08. The van der Waals surface area contributed by atoms with Crippen molar-refractivity contribution in [2.24, 2.45) is 5.41 Å². The van der Waals surface area contributed by atoms with Crippen molar-refractivity contribution in [3.8, 4) is 0 Å². The van der Waals surface area contributed by atoms with Gasteiger partial charge < -0.3 is 5.11 Å². The number of carboxylic acids is 1. The van der Waals surface area contributed by atoms with Crippen LogP contribution < -0.4 is 0 Å². The fourth-order valence-corrected chi connectivity index (χ4v) is 0. The second kappa shape index (κ2) is 3.70. The van der Waals surface area contributed by atoms with Crippen LogP contribution in [0.4, 0.5) is 0 Å². The Kier molecular flexibility index (Phi) is 5.32. The van der Waals surface area contributed by atoms with Crippen LogP contribution in [0.15, 0.2) is 0 Å². The van der Waals surface area contributed by atoms with E-state index in [1.54, 1.807) is 20.8 Å². The molecule has 0 heterocycles. The van der Waals surface area contributed by atoms with Crippen LogP contribution in [0.2, 0.25) is 0 Å². The van der Waals surface area contributed by atoms with Gasteiger partial charge in [0.2, 0.25) is 0 Å². The molecule has 0 bridgehead atoms. The first-order chi connectivity index (χ1) is 2.94. The number of aliphatic carboxylic acids is 1. The number of carbonyl (C=O) groups is 1. The van der Waals surface area contributed by atoms with Gasteiger partial charge in [-0.1, -0.05) is 0 Å². The molecule has 2 nitrogen and oxygen atoms in total. The SMILES string of the molecule is CC(C)(C)C(=O)O.[Ar]. The molecular formula is C5H10ArO2. The van der Waals surface area contributed by atoms with Crippen molar-refractivity contribution in [3.63, 3.8) is 0 Å². The molecule has 8 heavy (non-hydrogen) atoms. The van der Waals surface area contributed by atoms with Crippen LogP contribution in [0, 0.1) is 43.2 Å². The first kappa shape index (κ1) is 11.5. The molecule has 0 rings (SSSR count). The number of hydrogen-bond donors (Lipinski definition) is 1. The molecule has 0 aromatic carbocycles. The Bertz CT molecular complexity index is 82.9. The van der Waals surface area contributed by atoms with E-state index in [1.807, 2.05) is 0 Å². The van der Waals surface area contributed by atoms with Crippen molar-refractivity contribution in [1.82, 2.24) is 0 Å². The maximum atomic E-state index is 10.0. The van der Waals surface area contributed by atoms with E-state index < -0.39 is 11.4 Å². The Hall–Kier alpha value is 0.730. The van der Waals surface area contributed by atoms with Crippen LogP contribution in [-0.2, 0) is 4.79 Å². The minimum Gasteiger partial charge on any atom is -0.481 e. The Balaban J connectivity index is 0. The van der Waals surface area contributed by atoms with Crippen LogP contribution >= 0.6 is 0 Å². The Morgan fingerprint density at radius 1 is 1.38 bits per heavy atom. The van der Waals surface area contributed by atoms with E-state index in [0.717, 1.165) is 0 Å². The third kappa shape index (κ3) is 4.88. The molecule has 0 saturated carbocycles. The second-order valence-corrected chi connectivity index (χ2v) is 2.56. The van der Waals surface area contributed by atoms with E-state index in [9.17, 15) is 4.79 Å². The Morgan fingerprint density at radius 2 is 1.50 bits per heavy atom. The van der Waals surface area contributed by atoms with Gasteiger partial charge in [0.15, 0.2) is 0 Å². The predicted molar refractivity (Wildman–Crippen MR) is 27.1 cm³/mol. The molecule has 0 radical (unpaired) electrons. The molecule has 0 fully saturated rings. The minimum absolute atomic E-state index is 0. The average Bonchev–Trinajstić information content (AvgIpc) is 1.31. The van der Waals surface area contributed by atoms with Gasteiger partial charge in [0, 0.05) is 37.7 Å². The maximum Gasteiger partial charge on any atom is 0.308 e. The molecule has 0 amide bonds. The zero-order valence-corrected chi connectivity index (χ0v) is 5.92. The van der Waals surface area contributed by atoms with Gasteiger partial charge in [0.05, 0.1) is 5.41 Å². The van der Waals surface area contributed by atoms with E-state index in [2.05, 4.69) is 0 Å². The van der Waals surface area contributed by atoms with Crippen molar-refractivity contribution in [1.29, 1.82) is 0 Å². The zero-order valence-electron chi connectivity index (χ0n) is 5.21. The molecule has 0 aliphatic rings. The molecule has 50 valence electrons. The van der Waals surface area contributed by atoms with E-state index >= 15 is 0 Å². The predicted octanol–water partition coefficient (Wildman–Crippen LogP) is 1.12. The Morgan fingerprint density at radius 3 is 1.50 bits per heavy atom. The quantitative estimate of drug-likeness (QED) is 0.550. The average molecular weight is 142 g/mol. The van der Waals surface area contributed by atoms with E-state index in [1.165, 1.54) is 0 Å². The molecular weight excluding hydrogens is 132 g/mol. The summed E-state index contributed by atoms with van der Waals surface area (Å²) >= 11 is 0. The summed E-state index contributed by atoms with van der Waals surface area (Å²) in [4.78, 5) is 10.0. The minimum atomic E-state index is -0.757. The van der Waals surface area contributed by atoms with Crippen molar-refractivity contribution in [2.75, 3.05) is 0 Å². The van der Waals surface area contributed by atoms with Gasteiger partial charge >= 0.3 is 5.97 Å². The van der Waals surface area contributed by atoms with Crippen LogP contribution in [0.5, 0.6) is 0 Å². The maximum absolute atomic E-state index is 10.0. The smallest absolute Gasteiger partial charge is 0.308 e. The van der Waals surface area contributed by atoms with Gasteiger partial charge in [-0.2, -0.15) is 0 Å². The fraction of sp³-hybridized carbons (Fsp3) is 0.800. The van der Waals surface area contributed by atoms with Gasteiger partial charge in [-0.25, -0.2) is 0 Å². The van der Waals surface area contributed by atoms with E-state index in [0.29, 0.717) is 0 Å². The summed E-state index contributed by atoms with van der Waals surface area (Å²) in [6.45, 7) is 4.99. The Labute approximate surface area is 79.3 Å². The molecule has 0 aromatic rings. The topological polar surface area (TPSA) is 37.3 Å². The first-order valence-electron chi connectivity index (χ1n) is 2.18. The van der Waals surface area contributed by atoms with Crippen molar-refractivity contribution in [3.05, 3.63) is 0 Å². The molecule has 0 unspecified atom stereocenters. The molecule has 0 spiro atoms. The summed E-state index contributed by atoms with van der Waals surface area (Å²) in [5.41, 5.74) is -0.583. The normalized spacial score (nSPS) is 9.88. The van der Waals surface area contributed by atoms with E-state index in [4.69, 9.17) is 5.11 Å². The molecule has 0 aromatic heterocycles. The third-order valence-corrected chi connectivity index (χ3v) is 0.642. The van der Waals surface area contributed by atoms with Crippen LogP contribution in [0.1, 0.15) is 20.8 Å². The fourth-order valence-electron chi connectivity index (χ4n) is 0. The summed E-state index contributed by atoms with van der Waals surface area (Å²) in [5, 5.41) is 8.25. The molecule has 1 N–H and O–H groups in total. The van der Waals surface area contributed by atoms with Gasteiger partial charge in [0.25, 0.3) is 0 Å². The summed E-state index contributed by atoms with van der Waals surface area (Å²) in [7, 11) is 0. The summed E-state index contributed by atoms with van der Waals surface area (Å²) in [5.74, 6) is -0.757. The van der Waals surface area contributed by atoms with Crippen LogP contribution in [0.25, 0.3) is 0 Å². The third-order valence-electron chi connectivity index (χ3n) is 0.642. The summed E-state index contributed by atoms with van der Waals surface area (Å²) < 4.78 is 0. The summed E-state index contributed by atoms with van der Waals surface area (Å²) in [6, 6.07) is 0. The number of hydrogen-bond acceptors (Lipinski definition) is 1. The van der Waals surface area contributed by atoms with Gasteiger partial charge in [-0.3, -0.25) is 4.79 Å². The number of carboxylic acid groups (broad SMARTS) is 1. The number of rotatable bonds is 0. The van der Waals surface area contributed by atoms with Crippen molar-refractivity contribution < 1.29 is 47.6 Å². The van der Waals surface area contributed by atoms with Crippen LogP contribution in [0.3, 0.4) is 0 Å². The summed E-state index contributed by atoms with van der Waals surface area (Å²) in [6.07, 6.45) is 0. The molecule has 0 atom stereocenters. The largest absolute Gasteiger partial charge is 0.481 e. The van der Waals surface area contributed by atoms with E-state index in [-0.39, 0.29) is 37.7 Å². The standard InChI is InChI=1S/C5H10O2.Ar/c1-5(2,3)4(6)7;/h1-3H3,(H,6,7);. The van der Waals surface area contributed by atoms with Gasteiger partial charge in [-0.15, -0.1) is 0 Å². The molecule has 0 aliphatic carbocycles. The van der Waals surface area contributed by atoms with Gasteiger partial charge in [-0.05, 0) is 20.8 Å². The van der Waals surface area contributed by atoms with Crippen molar-refractivity contribution >= 4 is 5.97 Å².